The summed E-state index contributed by atoms with van der Waals surface area (Å²) >= 11 is 0. The largest absolute Gasteiger partial charge is 0.372 e. The second-order valence-electron chi connectivity index (χ2n) is 4.82. The van der Waals surface area contributed by atoms with Crippen molar-refractivity contribution in [3.63, 3.8) is 0 Å². The van der Waals surface area contributed by atoms with E-state index in [1.165, 1.54) is 0 Å². The lowest BCUT2D eigenvalue weighted by atomic mass is 10.3. The summed E-state index contributed by atoms with van der Waals surface area (Å²) in [5.74, 6) is 1.64. The number of anilines is 2. The van der Waals surface area contributed by atoms with Crippen LogP contribution in [0.4, 0.5) is 11.6 Å². The van der Waals surface area contributed by atoms with Crippen LogP contribution in [-0.4, -0.2) is 37.5 Å². The van der Waals surface area contributed by atoms with Gasteiger partial charge in [0.05, 0.1) is 12.5 Å². The molecule has 0 unspecified atom stereocenters. The van der Waals surface area contributed by atoms with E-state index >= 15 is 0 Å². The third kappa shape index (κ3) is 3.13. The minimum Gasteiger partial charge on any atom is -0.372 e. The number of hydrogen-bond donors (Lipinski definition) is 2. The Kier molecular flexibility index (Phi) is 3.99. The molecule has 21 heavy (non-hydrogen) atoms. The summed E-state index contributed by atoms with van der Waals surface area (Å²) in [7, 11) is 1.86. The van der Waals surface area contributed by atoms with Gasteiger partial charge in [0.2, 0.25) is 0 Å². The van der Waals surface area contributed by atoms with Crippen molar-refractivity contribution in [2.45, 2.75) is 19.4 Å². The molecular formula is C14H19N7. The van der Waals surface area contributed by atoms with Crippen molar-refractivity contribution in [2.24, 2.45) is 0 Å². The molecule has 7 heteroatoms. The van der Waals surface area contributed by atoms with E-state index in [2.05, 4.69) is 30.2 Å². The average Bonchev–Trinajstić information content (AvgIpc) is 3.17. The fourth-order valence-electron chi connectivity index (χ4n) is 2.22. The molecule has 3 rings (SSSR count). The topological polar surface area (TPSA) is 72.1 Å². The number of unbranched alkanes of at least 4 members (excludes halogenated alkanes) is 1. The van der Waals surface area contributed by atoms with E-state index in [9.17, 15) is 0 Å². The van der Waals surface area contributed by atoms with E-state index in [4.69, 9.17) is 0 Å². The Hall–Kier alpha value is -2.57. The van der Waals surface area contributed by atoms with Crippen molar-refractivity contribution in [1.29, 1.82) is 0 Å². The number of aryl methyl sites for hydroxylation is 1. The van der Waals surface area contributed by atoms with E-state index in [-0.39, 0.29) is 0 Å². The zero-order valence-electron chi connectivity index (χ0n) is 12.0. The quantitative estimate of drug-likeness (QED) is 0.648. The maximum absolute atomic E-state index is 4.52. The standard InChI is InChI=1S/C14H19N7/c1-15-12-10-21-9-6-18-14(21)13(19-12)17-4-2-3-7-20-8-5-16-11-20/h5-6,8-11,15H,2-4,7H2,1H3,(H,17,19). The molecule has 7 nitrogen and oxygen atoms in total. The van der Waals surface area contributed by atoms with Gasteiger partial charge >= 0.3 is 0 Å². The third-order valence-corrected chi connectivity index (χ3v) is 3.32. The van der Waals surface area contributed by atoms with E-state index in [1.54, 1.807) is 12.4 Å². The van der Waals surface area contributed by atoms with E-state index < -0.39 is 0 Å². The highest BCUT2D eigenvalue weighted by molar-refractivity contribution is 5.65. The van der Waals surface area contributed by atoms with Gasteiger partial charge in [-0.3, -0.25) is 0 Å². The van der Waals surface area contributed by atoms with Crippen LogP contribution in [0, 0.1) is 0 Å². The second kappa shape index (κ2) is 6.25. The van der Waals surface area contributed by atoms with E-state index in [0.717, 1.165) is 43.2 Å². The van der Waals surface area contributed by atoms with Crippen LogP contribution in [0.1, 0.15) is 12.8 Å². The van der Waals surface area contributed by atoms with Crippen LogP contribution in [0.15, 0.2) is 37.3 Å². The minimum absolute atomic E-state index is 0.814. The molecular weight excluding hydrogens is 266 g/mol. The Morgan fingerprint density at radius 3 is 2.95 bits per heavy atom. The number of imidazole rings is 2. The Bertz CT molecular complexity index is 686. The monoisotopic (exact) mass is 285 g/mol. The van der Waals surface area contributed by atoms with Crippen LogP contribution in [0.3, 0.4) is 0 Å². The van der Waals surface area contributed by atoms with Crippen molar-refractivity contribution < 1.29 is 0 Å². The van der Waals surface area contributed by atoms with Gasteiger partial charge < -0.3 is 19.6 Å². The van der Waals surface area contributed by atoms with Crippen molar-refractivity contribution in [3.05, 3.63) is 37.3 Å². The Balaban J connectivity index is 1.56. The van der Waals surface area contributed by atoms with Gasteiger partial charge in [0.1, 0.15) is 5.82 Å². The summed E-state index contributed by atoms with van der Waals surface area (Å²) in [4.78, 5) is 12.9. The predicted molar refractivity (Wildman–Crippen MR) is 82.5 cm³/mol. The molecule has 0 saturated carbocycles. The van der Waals surface area contributed by atoms with Gasteiger partial charge in [-0.15, -0.1) is 0 Å². The van der Waals surface area contributed by atoms with Crippen molar-refractivity contribution >= 4 is 17.3 Å². The predicted octanol–water partition coefficient (Wildman–Crippen LogP) is 1.86. The fraction of sp³-hybridized carbons (Fsp3) is 0.357. The molecule has 3 aromatic rings. The van der Waals surface area contributed by atoms with Gasteiger partial charge in [0, 0.05) is 44.9 Å². The number of nitrogens with zero attached hydrogens (tertiary/aromatic N) is 5. The Morgan fingerprint density at radius 2 is 2.14 bits per heavy atom. The van der Waals surface area contributed by atoms with Crippen LogP contribution in [-0.2, 0) is 6.54 Å². The SMILES string of the molecule is CNc1cn2ccnc2c(NCCCCn2ccnc2)n1. The number of hydrogen-bond acceptors (Lipinski definition) is 5. The van der Waals surface area contributed by atoms with Gasteiger partial charge in [0.15, 0.2) is 11.5 Å². The molecule has 0 bridgehead atoms. The summed E-state index contributed by atoms with van der Waals surface area (Å²) in [6.45, 7) is 1.86. The summed E-state index contributed by atoms with van der Waals surface area (Å²) in [6.07, 6.45) is 13.4. The average molecular weight is 285 g/mol. The molecule has 110 valence electrons. The molecule has 0 aromatic carbocycles. The molecule has 0 radical (unpaired) electrons. The lowest BCUT2D eigenvalue weighted by molar-refractivity contribution is 0.621. The van der Waals surface area contributed by atoms with Gasteiger partial charge in [-0.05, 0) is 12.8 Å². The third-order valence-electron chi connectivity index (χ3n) is 3.32. The molecule has 0 spiro atoms. The summed E-state index contributed by atoms with van der Waals surface area (Å²) in [5.41, 5.74) is 0.851. The highest BCUT2D eigenvalue weighted by Gasteiger charge is 2.06. The normalized spacial score (nSPS) is 10.9. The Morgan fingerprint density at radius 1 is 1.19 bits per heavy atom. The second-order valence-corrected chi connectivity index (χ2v) is 4.82. The van der Waals surface area contributed by atoms with E-state index in [1.807, 2.05) is 36.4 Å². The maximum atomic E-state index is 4.52. The summed E-state index contributed by atoms with van der Waals surface area (Å²) < 4.78 is 4.05. The molecule has 0 aliphatic rings. The summed E-state index contributed by atoms with van der Waals surface area (Å²) in [5, 5.41) is 6.43. The first-order valence-electron chi connectivity index (χ1n) is 7.08. The molecule has 0 aliphatic carbocycles. The van der Waals surface area contributed by atoms with Gasteiger partial charge in [0.25, 0.3) is 0 Å². The fourth-order valence-corrected chi connectivity index (χ4v) is 2.22. The van der Waals surface area contributed by atoms with Gasteiger partial charge in [-0.25, -0.2) is 15.0 Å². The number of aromatic nitrogens is 5. The molecule has 0 fully saturated rings. The van der Waals surface area contributed by atoms with Crippen molar-refractivity contribution in [1.82, 2.24) is 23.9 Å². The van der Waals surface area contributed by atoms with Crippen LogP contribution in [0.2, 0.25) is 0 Å². The zero-order valence-corrected chi connectivity index (χ0v) is 12.0. The number of nitrogens with one attached hydrogen (secondary N) is 2. The molecule has 0 aliphatic heterocycles. The smallest absolute Gasteiger partial charge is 0.180 e. The molecule has 3 aromatic heterocycles. The first kappa shape index (κ1) is 13.4. The first-order valence-corrected chi connectivity index (χ1v) is 7.08. The maximum Gasteiger partial charge on any atom is 0.180 e. The lowest BCUT2D eigenvalue weighted by Crippen LogP contribution is -2.08. The highest BCUT2D eigenvalue weighted by Crippen LogP contribution is 2.16. The molecule has 0 atom stereocenters. The minimum atomic E-state index is 0.814. The lowest BCUT2D eigenvalue weighted by Gasteiger charge is -2.09. The molecule has 2 N–H and O–H groups in total. The first-order chi connectivity index (χ1) is 10.4. The van der Waals surface area contributed by atoms with Crippen LogP contribution in [0.5, 0.6) is 0 Å². The van der Waals surface area contributed by atoms with Crippen molar-refractivity contribution in [2.75, 3.05) is 24.2 Å². The number of rotatable bonds is 7. The molecule has 0 amide bonds. The molecule has 0 saturated heterocycles. The van der Waals surface area contributed by atoms with Crippen LogP contribution >= 0.6 is 0 Å². The van der Waals surface area contributed by atoms with E-state index in [0.29, 0.717) is 0 Å². The van der Waals surface area contributed by atoms with Crippen molar-refractivity contribution in [3.8, 4) is 0 Å². The van der Waals surface area contributed by atoms with Gasteiger partial charge in [-0.1, -0.05) is 0 Å². The zero-order chi connectivity index (χ0) is 14.5. The Labute approximate surface area is 123 Å². The molecule has 3 heterocycles. The van der Waals surface area contributed by atoms with Gasteiger partial charge in [-0.2, -0.15) is 0 Å². The van der Waals surface area contributed by atoms with Crippen LogP contribution < -0.4 is 10.6 Å². The highest BCUT2D eigenvalue weighted by atomic mass is 15.1. The number of fused-ring (bicyclic) bond motifs is 1. The van der Waals surface area contributed by atoms with Crippen LogP contribution in [0.25, 0.3) is 5.65 Å². The summed E-state index contributed by atoms with van der Waals surface area (Å²) in [6, 6.07) is 0.